The minimum Gasteiger partial charge on any atom is -0.393 e. The van der Waals surface area contributed by atoms with Crippen molar-refractivity contribution in [2.45, 2.75) is 32.8 Å². The summed E-state index contributed by atoms with van der Waals surface area (Å²) in [7, 11) is 0. The van der Waals surface area contributed by atoms with E-state index in [-0.39, 0.29) is 6.10 Å². The molecular formula is C13H20OS. The third-order valence-electron chi connectivity index (χ3n) is 2.74. The van der Waals surface area contributed by atoms with Crippen molar-refractivity contribution < 1.29 is 5.11 Å². The lowest BCUT2D eigenvalue weighted by Crippen LogP contribution is -2.13. The van der Waals surface area contributed by atoms with Gasteiger partial charge in [-0.1, -0.05) is 18.2 Å². The number of aryl methyl sites for hydroxylation is 2. The Bertz CT molecular complexity index is 289. The van der Waals surface area contributed by atoms with Gasteiger partial charge in [-0.3, -0.25) is 0 Å². The average molecular weight is 224 g/mol. The first kappa shape index (κ1) is 12.6. The standard InChI is InChI=1S/C13H20OS/c1-10-5-4-6-11(2)13(10)9-12(14)7-8-15-3/h4-6,12,14H,7-9H2,1-3H3. The highest BCUT2D eigenvalue weighted by molar-refractivity contribution is 7.98. The van der Waals surface area contributed by atoms with Crippen LogP contribution < -0.4 is 0 Å². The Morgan fingerprint density at radius 3 is 2.40 bits per heavy atom. The molecule has 0 radical (unpaired) electrons. The molecule has 0 aliphatic carbocycles. The van der Waals surface area contributed by atoms with Crippen molar-refractivity contribution in [2.24, 2.45) is 0 Å². The second-order valence-corrected chi connectivity index (χ2v) is 5.00. The van der Waals surface area contributed by atoms with Crippen molar-refractivity contribution in [3.63, 3.8) is 0 Å². The van der Waals surface area contributed by atoms with Gasteiger partial charge in [-0.25, -0.2) is 0 Å². The molecule has 0 aliphatic heterocycles. The third kappa shape index (κ3) is 3.88. The maximum absolute atomic E-state index is 9.87. The first-order valence-corrected chi connectivity index (χ1v) is 6.76. The van der Waals surface area contributed by atoms with E-state index >= 15 is 0 Å². The minimum absolute atomic E-state index is 0.197. The second kappa shape index (κ2) is 6.19. The first-order chi connectivity index (χ1) is 7.15. The fraction of sp³-hybridized carbons (Fsp3) is 0.538. The molecular weight excluding hydrogens is 204 g/mol. The van der Waals surface area contributed by atoms with Crippen molar-refractivity contribution in [1.82, 2.24) is 0 Å². The van der Waals surface area contributed by atoms with E-state index in [2.05, 4.69) is 38.3 Å². The second-order valence-electron chi connectivity index (χ2n) is 4.01. The number of aliphatic hydroxyl groups is 1. The summed E-state index contributed by atoms with van der Waals surface area (Å²) >= 11 is 1.79. The van der Waals surface area contributed by atoms with Crippen molar-refractivity contribution in [3.8, 4) is 0 Å². The lowest BCUT2D eigenvalue weighted by Gasteiger charge is -2.14. The molecule has 1 rings (SSSR count). The summed E-state index contributed by atoms with van der Waals surface area (Å²) in [4.78, 5) is 0. The molecule has 1 N–H and O–H groups in total. The highest BCUT2D eigenvalue weighted by Gasteiger charge is 2.09. The average Bonchev–Trinajstić information content (AvgIpc) is 2.21. The van der Waals surface area contributed by atoms with Crippen molar-refractivity contribution >= 4 is 11.8 Å². The molecule has 0 aliphatic rings. The predicted octanol–water partition coefficient (Wildman–Crippen LogP) is 2.96. The largest absolute Gasteiger partial charge is 0.393 e. The number of hydrogen-bond acceptors (Lipinski definition) is 2. The van der Waals surface area contributed by atoms with Gasteiger partial charge in [-0.05, 0) is 55.4 Å². The SMILES string of the molecule is CSCCC(O)Cc1c(C)cccc1C. The normalized spacial score (nSPS) is 12.8. The van der Waals surface area contributed by atoms with Gasteiger partial charge in [0, 0.05) is 0 Å². The van der Waals surface area contributed by atoms with Crippen LogP contribution in [0.2, 0.25) is 0 Å². The Hall–Kier alpha value is -0.470. The number of thioether (sulfide) groups is 1. The number of benzene rings is 1. The Balaban J connectivity index is 2.63. The summed E-state index contributed by atoms with van der Waals surface area (Å²) in [6.07, 6.45) is 3.55. The lowest BCUT2D eigenvalue weighted by atomic mass is 9.97. The lowest BCUT2D eigenvalue weighted by molar-refractivity contribution is 0.171. The van der Waals surface area contributed by atoms with E-state index in [0.29, 0.717) is 0 Å². The van der Waals surface area contributed by atoms with E-state index in [0.717, 1.165) is 18.6 Å². The molecule has 15 heavy (non-hydrogen) atoms. The molecule has 1 unspecified atom stereocenters. The third-order valence-corrected chi connectivity index (χ3v) is 3.38. The molecule has 1 nitrogen and oxygen atoms in total. The quantitative estimate of drug-likeness (QED) is 0.830. The van der Waals surface area contributed by atoms with Crippen LogP contribution in [0.4, 0.5) is 0 Å². The number of rotatable bonds is 5. The maximum atomic E-state index is 9.87. The predicted molar refractivity (Wildman–Crippen MR) is 68.6 cm³/mol. The zero-order valence-electron chi connectivity index (χ0n) is 9.79. The summed E-state index contributed by atoms with van der Waals surface area (Å²) in [6, 6.07) is 6.30. The Kier molecular flexibility index (Phi) is 5.20. The van der Waals surface area contributed by atoms with Crippen molar-refractivity contribution in [2.75, 3.05) is 12.0 Å². The maximum Gasteiger partial charge on any atom is 0.0588 e. The van der Waals surface area contributed by atoms with E-state index in [1.54, 1.807) is 11.8 Å². The van der Waals surface area contributed by atoms with Crippen LogP contribution in [-0.4, -0.2) is 23.2 Å². The molecule has 0 heterocycles. The minimum atomic E-state index is -0.197. The molecule has 84 valence electrons. The van der Waals surface area contributed by atoms with Gasteiger partial charge in [0.2, 0.25) is 0 Å². The molecule has 0 saturated carbocycles. The molecule has 0 aromatic heterocycles. The van der Waals surface area contributed by atoms with Gasteiger partial charge >= 0.3 is 0 Å². The van der Waals surface area contributed by atoms with E-state index < -0.39 is 0 Å². The van der Waals surface area contributed by atoms with Crippen LogP contribution in [-0.2, 0) is 6.42 Å². The highest BCUT2D eigenvalue weighted by atomic mass is 32.2. The van der Waals surface area contributed by atoms with E-state index in [1.807, 2.05) is 0 Å². The smallest absolute Gasteiger partial charge is 0.0588 e. The zero-order chi connectivity index (χ0) is 11.3. The van der Waals surface area contributed by atoms with Gasteiger partial charge in [0.15, 0.2) is 0 Å². The van der Waals surface area contributed by atoms with Gasteiger partial charge in [0.25, 0.3) is 0 Å². The molecule has 0 amide bonds. The van der Waals surface area contributed by atoms with Crippen molar-refractivity contribution in [1.29, 1.82) is 0 Å². The summed E-state index contributed by atoms with van der Waals surface area (Å²) < 4.78 is 0. The van der Waals surface area contributed by atoms with E-state index in [1.165, 1.54) is 16.7 Å². The van der Waals surface area contributed by atoms with Gasteiger partial charge in [-0.15, -0.1) is 0 Å². The Morgan fingerprint density at radius 1 is 1.27 bits per heavy atom. The van der Waals surface area contributed by atoms with Gasteiger partial charge in [-0.2, -0.15) is 11.8 Å². The summed E-state index contributed by atoms with van der Waals surface area (Å²) in [5.74, 6) is 1.03. The molecule has 1 aromatic carbocycles. The molecule has 1 atom stereocenters. The van der Waals surface area contributed by atoms with Gasteiger partial charge in [0.1, 0.15) is 0 Å². The molecule has 0 fully saturated rings. The molecule has 0 spiro atoms. The monoisotopic (exact) mass is 224 g/mol. The van der Waals surface area contributed by atoms with Crippen LogP contribution in [0.15, 0.2) is 18.2 Å². The van der Waals surface area contributed by atoms with Crippen LogP contribution in [0.3, 0.4) is 0 Å². The Morgan fingerprint density at radius 2 is 1.87 bits per heavy atom. The Labute approximate surface area is 96.9 Å². The molecule has 1 aromatic rings. The van der Waals surface area contributed by atoms with Crippen LogP contribution in [0.5, 0.6) is 0 Å². The summed E-state index contributed by atoms with van der Waals surface area (Å²) in [6.45, 7) is 4.23. The van der Waals surface area contributed by atoms with Crippen LogP contribution in [0.25, 0.3) is 0 Å². The fourth-order valence-electron chi connectivity index (χ4n) is 1.76. The molecule has 0 bridgehead atoms. The molecule has 2 heteroatoms. The highest BCUT2D eigenvalue weighted by Crippen LogP contribution is 2.16. The topological polar surface area (TPSA) is 20.2 Å². The number of aliphatic hydroxyl groups excluding tert-OH is 1. The molecule has 0 saturated heterocycles. The van der Waals surface area contributed by atoms with Crippen molar-refractivity contribution in [3.05, 3.63) is 34.9 Å². The van der Waals surface area contributed by atoms with Crippen LogP contribution >= 0.6 is 11.8 Å². The zero-order valence-corrected chi connectivity index (χ0v) is 10.6. The van der Waals surface area contributed by atoms with Crippen LogP contribution in [0.1, 0.15) is 23.1 Å². The fourth-order valence-corrected chi connectivity index (χ4v) is 2.27. The van der Waals surface area contributed by atoms with Crippen LogP contribution in [0, 0.1) is 13.8 Å². The first-order valence-electron chi connectivity index (χ1n) is 5.37. The summed E-state index contributed by atoms with van der Waals surface area (Å²) in [5, 5.41) is 9.87. The van der Waals surface area contributed by atoms with E-state index in [9.17, 15) is 5.11 Å². The van der Waals surface area contributed by atoms with Gasteiger partial charge < -0.3 is 5.11 Å². The number of hydrogen-bond donors (Lipinski definition) is 1. The van der Waals surface area contributed by atoms with Gasteiger partial charge in [0.05, 0.1) is 6.10 Å². The van der Waals surface area contributed by atoms with E-state index in [4.69, 9.17) is 0 Å². The summed E-state index contributed by atoms with van der Waals surface area (Å²) in [5.41, 5.74) is 3.89.